The van der Waals surface area contributed by atoms with E-state index in [2.05, 4.69) is 0 Å². The highest BCUT2D eigenvalue weighted by Gasteiger charge is 2.65. The lowest BCUT2D eigenvalue weighted by molar-refractivity contribution is -0.128. The molecule has 0 N–H and O–H groups in total. The topological polar surface area (TPSA) is 90.0 Å². The molecule has 2 saturated carbocycles. The van der Waals surface area contributed by atoms with Crippen molar-refractivity contribution in [2.45, 2.75) is 33.1 Å². The van der Waals surface area contributed by atoms with E-state index in [1.807, 2.05) is 44.2 Å². The zero-order valence-electron chi connectivity index (χ0n) is 18.4. The quantitative estimate of drug-likeness (QED) is 0.579. The number of rotatable bonds is 7. The van der Waals surface area contributed by atoms with Gasteiger partial charge in [-0.2, -0.15) is 8.42 Å². The number of hydrogen-bond acceptors (Lipinski definition) is 6. The summed E-state index contributed by atoms with van der Waals surface area (Å²) in [5, 5.41) is 0.706. The number of ether oxygens (including phenoxy) is 1. The van der Waals surface area contributed by atoms with Crippen molar-refractivity contribution in [3.63, 3.8) is 0 Å². The van der Waals surface area contributed by atoms with E-state index in [4.69, 9.17) is 9.02 Å². The zero-order valence-corrected chi connectivity index (χ0v) is 19.2. The molecule has 32 heavy (non-hydrogen) atoms. The third kappa shape index (κ3) is 3.93. The van der Waals surface area contributed by atoms with E-state index in [-0.39, 0.29) is 17.3 Å². The van der Waals surface area contributed by atoms with Gasteiger partial charge < -0.3 is 4.74 Å². The molecule has 1 amide bonds. The van der Waals surface area contributed by atoms with Crippen LogP contribution in [0, 0.1) is 16.7 Å². The van der Waals surface area contributed by atoms with Gasteiger partial charge in [0, 0.05) is 19.0 Å². The van der Waals surface area contributed by atoms with Crippen LogP contribution in [0.4, 0.5) is 0 Å². The summed E-state index contributed by atoms with van der Waals surface area (Å²) in [6.45, 7) is 3.91. The summed E-state index contributed by atoms with van der Waals surface area (Å²) in [5.41, 5.74) is -1.10. The average Bonchev–Trinajstić information content (AvgIpc) is 3.08. The van der Waals surface area contributed by atoms with Crippen LogP contribution in [0.2, 0.25) is 0 Å². The molecule has 0 spiro atoms. The molecule has 2 aliphatic carbocycles. The number of carbonyl (C=O) groups excluding carboxylic acids is 2. The van der Waals surface area contributed by atoms with Crippen molar-refractivity contribution in [1.82, 2.24) is 5.06 Å². The number of para-hydroxylation sites is 1. The van der Waals surface area contributed by atoms with E-state index in [0.29, 0.717) is 29.4 Å². The van der Waals surface area contributed by atoms with Gasteiger partial charge in [0.2, 0.25) is 0 Å². The first-order valence-electron chi connectivity index (χ1n) is 10.6. The highest BCUT2D eigenvalue weighted by atomic mass is 32.2. The molecule has 2 bridgehead atoms. The van der Waals surface area contributed by atoms with Crippen molar-refractivity contribution < 1.29 is 27.0 Å². The Morgan fingerprint density at radius 2 is 1.69 bits per heavy atom. The smallest absolute Gasteiger partial charge is 0.289 e. The molecule has 2 fully saturated rings. The Labute approximate surface area is 188 Å². The zero-order chi connectivity index (χ0) is 23.1. The van der Waals surface area contributed by atoms with Crippen molar-refractivity contribution in [3.8, 4) is 11.5 Å². The second-order valence-corrected chi connectivity index (χ2v) is 10.7. The molecule has 4 rings (SSSR count). The molecule has 2 unspecified atom stereocenters. The van der Waals surface area contributed by atoms with Gasteiger partial charge in [-0.1, -0.05) is 32.0 Å². The highest BCUT2D eigenvalue weighted by molar-refractivity contribution is 7.86. The maximum atomic E-state index is 12.8. The Morgan fingerprint density at radius 3 is 2.25 bits per heavy atom. The fourth-order valence-electron chi connectivity index (χ4n) is 5.11. The minimum absolute atomic E-state index is 0.0195. The minimum atomic E-state index is -4.15. The van der Waals surface area contributed by atoms with Gasteiger partial charge in [0.15, 0.2) is 0 Å². The second kappa shape index (κ2) is 8.01. The van der Waals surface area contributed by atoms with E-state index in [1.54, 1.807) is 12.1 Å². The molecule has 2 aliphatic rings. The molecule has 2 aromatic rings. The Morgan fingerprint density at radius 1 is 1.06 bits per heavy atom. The van der Waals surface area contributed by atoms with E-state index >= 15 is 0 Å². The summed E-state index contributed by atoms with van der Waals surface area (Å²) in [5.74, 6) is 0.356. The summed E-state index contributed by atoms with van der Waals surface area (Å²) in [4.78, 5) is 25.3. The fraction of sp³-hybridized carbons (Fsp3) is 0.417. The molecule has 8 heteroatoms. The molecular weight excluding hydrogens is 430 g/mol. The van der Waals surface area contributed by atoms with Crippen LogP contribution in [-0.2, 0) is 19.2 Å². The lowest BCUT2D eigenvalue weighted by Crippen LogP contribution is -2.44. The summed E-state index contributed by atoms with van der Waals surface area (Å²) >= 11 is 0. The maximum Gasteiger partial charge on any atom is 0.289 e. The molecule has 0 aromatic heterocycles. The van der Waals surface area contributed by atoms with Crippen LogP contribution in [0.3, 0.4) is 0 Å². The van der Waals surface area contributed by atoms with Crippen LogP contribution >= 0.6 is 0 Å². The first-order chi connectivity index (χ1) is 15.0. The predicted octanol–water partition coefficient (Wildman–Crippen LogP) is 4.21. The monoisotopic (exact) mass is 457 g/mol. The van der Waals surface area contributed by atoms with Crippen LogP contribution in [-0.4, -0.2) is 38.0 Å². The van der Waals surface area contributed by atoms with Gasteiger partial charge in [-0.25, -0.2) is 5.06 Å². The number of hydroxylamine groups is 2. The molecule has 0 aliphatic heterocycles. The molecule has 0 heterocycles. The van der Waals surface area contributed by atoms with Crippen LogP contribution in [0.25, 0.3) is 0 Å². The normalized spacial score (nSPS) is 23.8. The summed E-state index contributed by atoms with van der Waals surface area (Å²) in [6, 6.07) is 15.5. The Balaban J connectivity index is 1.42. The van der Waals surface area contributed by atoms with Crippen LogP contribution < -0.4 is 4.74 Å². The van der Waals surface area contributed by atoms with Gasteiger partial charge in [0.25, 0.3) is 16.0 Å². The van der Waals surface area contributed by atoms with E-state index in [1.165, 1.54) is 19.2 Å². The number of amides is 1. The maximum absolute atomic E-state index is 12.8. The molecule has 7 nitrogen and oxygen atoms in total. The second-order valence-electron chi connectivity index (χ2n) is 9.19. The van der Waals surface area contributed by atoms with Gasteiger partial charge in [-0.3, -0.25) is 9.59 Å². The number of carbonyl (C=O) groups is 2. The molecule has 2 atom stereocenters. The van der Waals surface area contributed by atoms with Gasteiger partial charge in [-0.05, 0) is 60.6 Å². The van der Waals surface area contributed by atoms with Crippen molar-refractivity contribution in [2.24, 2.45) is 16.7 Å². The molecule has 0 saturated heterocycles. The average molecular weight is 458 g/mol. The fourth-order valence-corrected chi connectivity index (χ4v) is 6.85. The molecule has 0 radical (unpaired) electrons. The van der Waals surface area contributed by atoms with Crippen molar-refractivity contribution in [2.75, 3.05) is 12.8 Å². The number of fused-ring (bicyclic) bond motifs is 2. The van der Waals surface area contributed by atoms with Gasteiger partial charge >= 0.3 is 0 Å². The largest absolute Gasteiger partial charge is 0.457 e. The van der Waals surface area contributed by atoms with Crippen molar-refractivity contribution in [1.29, 1.82) is 0 Å². The Kier molecular flexibility index (Phi) is 5.63. The number of ketones is 1. The van der Waals surface area contributed by atoms with Crippen LogP contribution in [0.1, 0.15) is 43.5 Å². The first kappa shape index (κ1) is 22.5. The standard InChI is InChI=1S/C24H27NO6S/c1-23(2)18-13-14-24(23,21(26)15-18)16-32(28,29)31-25(3)22(27)17-9-11-20(12-10-17)30-19-7-5-4-6-8-19/h4-12,18H,13-16H2,1-3H3. The summed E-state index contributed by atoms with van der Waals surface area (Å²) in [7, 11) is -2.90. The summed E-state index contributed by atoms with van der Waals surface area (Å²) in [6.07, 6.45) is 1.78. The van der Waals surface area contributed by atoms with E-state index < -0.39 is 32.6 Å². The Bertz CT molecular complexity index is 1130. The van der Waals surface area contributed by atoms with Gasteiger partial charge in [0.1, 0.15) is 17.3 Å². The van der Waals surface area contributed by atoms with Gasteiger partial charge in [0.05, 0.1) is 11.2 Å². The predicted molar refractivity (Wildman–Crippen MR) is 118 cm³/mol. The van der Waals surface area contributed by atoms with Gasteiger partial charge in [-0.15, -0.1) is 4.28 Å². The third-order valence-corrected chi connectivity index (χ3v) is 8.45. The SMILES string of the molecule is CN(OS(=O)(=O)CC12CCC(CC1=O)C2(C)C)C(=O)c1ccc(Oc2ccccc2)cc1. The molecule has 2 aromatic carbocycles. The lowest BCUT2D eigenvalue weighted by Gasteiger charge is -2.36. The first-order valence-corrected chi connectivity index (χ1v) is 12.2. The summed E-state index contributed by atoms with van der Waals surface area (Å²) < 4.78 is 36.4. The number of benzene rings is 2. The number of Topliss-reactive ketones (excluding diaryl/α,β-unsaturated/α-hetero) is 1. The van der Waals surface area contributed by atoms with Crippen LogP contribution in [0.15, 0.2) is 54.6 Å². The third-order valence-electron chi connectivity index (χ3n) is 7.15. The van der Waals surface area contributed by atoms with Crippen molar-refractivity contribution >= 4 is 21.8 Å². The minimum Gasteiger partial charge on any atom is -0.457 e. The van der Waals surface area contributed by atoms with E-state index in [9.17, 15) is 18.0 Å². The lowest BCUT2D eigenvalue weighted by atomic mass is 9.70. The molecule has 170 valence electrons. The highest BCUT2D eigenvalue weighted by Crippen LogP contribution is 2.64. The number of hydrogen-bond donors (Lipinski definition) is 0. The van der Waals surface area contributed by atoms with Crippen LogP contribution in [0.5, 0.6) is 11.5 Å². The Hall–Kier alpha value is -2.71. The molecular formula is C24H27NO6S. The number of nitrogens with zero attached hydrogens (tertiary/aromatic N) is 1. The van der Waals surface area contributed by atoms with E-state index in [0.717, 1.165) is 6.42 Å². The van der Waals surface area contributed by atoms with Crippen molar-refractivity contribution in [3.05, 3.63) is 60.2 Å².